The van der Waals surface area contributed by atoms with Gasteiger partial charge in [0.15, 0.2) is 11.5 Å². The molecule has 5 rings (SSSR count). The molecule has 7 heteroatoms. The van der Waals surface area contributed by atoms with Gasteiger partial charge < -0.3 is 29.3 Å². The number of hydrogen-bond acceptors (Lipinski definition) is 7. The van der Waals surface area contributed by atoms with Crippen LogP contribution in [-0.4, -0.2) is 59.5 Å². The van der Waals surface area contributed by atoms with Crippen LogP contribution in [0.5, 0.6) is 11.5 Å². The van der Waals surface area contributed by atoms with Gasteiger partial charge in [-0.1, -0.05) is 0 Å². The van der Waals surface area contributed by atoms with Crippen molar-refractivity contribution in [2.75, 3.05) is 31.4 Å². The molecule has 0 amide bonds. The van der Waals surface area contributed by atoms with E-state index in [1.165, 1.54) is 0 Å². The van der Waals surface area contributed by atoms with Crippen molar-refractivity contribution in [3.8, 4) is 11.5 Å². The lowest BCUT2D eigenvalue weighted by Gasteiger charge is -2.48. The summed E-state index contributed by atoms with van der Waals surface area (Å²) in [6.07, 6.45) is 0.331. The highest BCUT2D eigenvalue weighted by Gasteiger charge is 2.47. The van der Waals surface area contributed by atoms with E-state index in [1.54, 1.807) is 0 Å². The summed E-state index contributed by atoms with van der Waals surface area (Å²) in [5.74, 6) is 1.48. The molecule has 2 N–H and O–H groups in total. The minimum Gasteiger partial charge on any atom is -0.454 e. The first-order valence-electron chi connectivity index (χ1n) is 9.52. The first kappa shape index (κ1) is 17.0. The highest BCUT2D eigenvalue weighted by molar-refractivity contribution is 5.94. The Morgan fingerprint density at radius 1 is 1.11 bits per heavy atom. The van der Waals surface area contributed by atoms with Crippen molar-refractivity contribution in [2.24, 2.45) is 0 Å². The van der Waals surface area contributed by atoms with Crippen LogP contribution in [0.3, 0.4) is 0 Å². The highest BCUT2D eigenvalue weighted by atomic mass is 16.7. The molecule has 144 valence electrons. The summed E-state index contributed by atoms with van der Waals surface area (Å²) in [7, 11) is 0. The van der Waals surface area contributed by atoms with Crippen LogP contribution in [0, 0.1) is 6.92 Å². The number of pyridine rings is 1. The number of benzene rings is 1. The fraction of sp³-hybridized carbons (Fsp3) is 0.550. The van der Waals surface area contributed by atoms with Crippen molar-refractivity contribution in [1.82, 2.24) is 4.98 Å². The second-order valence-electron chi connectivity index (χ2n) is 7.71. The molecule has 2 atom stereocenters. The Balaban J connectivity index is 1.47. The summed E-state index contributed by atoms with van der Waals surface area (Å²) >= 11 is 0. The average Bonchev–Trinajstić information content (AvgIpc) is 3.12. The molecule has 0 bridgehead atoms. The summed E-state index contributed by atoms with van der Waals surface area (Å²) in [5, 5.41) is 21.6. The van der Waals surface area contributed by atoms with Crippen LogP contribution >= 0.6 is 0 Å². The fourth-order valence-electron chi connectivity index (χ4n) is 4.53. The topological polar surface area (TPSA) is 84.3 Å². The van der Waals surface area contributed by atoms with E-state index in [4.69, 9.17) is 14.2 Å². The Kier molecular flexibility index (Phi) is 3.93. The maximum absolute atomic E-state index is 10.5. The van der Waals surface area contributed by atoms with Crippen LogP contribution in [0.4, 0.5) is 5.69 Å². The van der Waals surface area contributed by atoms with Gasteiger partial charge in [-0.2, -0.15) is 0 Å². The lowest BCUT2D eigenvalue weighted by atomic mass is 9.80. The minimum atomic E-state index is -0.821. The van der Waals surface area contributed by atoms with Gasteiger partial charge in [0, 0.05) is 35.9 Å². The van der Waals surface area contributed by atoms with Crippen molar-refractivity contribution in [3.05, 3.63) is 23.9 Å². The Bertz CT molecular complexity index is 878. The predicted molar refractivity (Wildman–Crippen MR) is 99.4 cm³/mol. The third-order valence-electron chi connectivity index (χ3n) is 6.07. The van der Waals surface area contributed by atoms with Crippen LogP contribution in [0.1, 0.15) is 25.0 Å². The Hall–Kier alpha value is -2.09. The molecule has 1 aromatic carbocycles. The molecule has 1 aromatic heterocycles. The van der Waals surface area contributed by atoms with Gasteiger partial charge in [-0.25, -0.2) is 0 Å². The zero-order chi connectivity index (χ0) is 18.6. The molecule has 0 radical (unpaired) electrons. The van der Waals surface area contributed by atoms with Crippen molar-refractivity contribution in [2.45, 2.75) is 44.0 Å². The normalized spacial score (nSPS) is 26.7. The Labute approximate surface area is 157 Å². The SMILES string of the molecule is Cc1cc(N2CCC3(CC2)OCC[C@H](O)[C@@H]3O)c2cc3c(cc2n1)OCO3. The highest BCUT2D eigenvalue weighted by Crippen LogP contribution is 2.41. The van der Waals surface area contributed by atoms with Crippen LogP contribution in [0.15, 0.2) is 18.2 Å². The van der Waals surface area contributed by atoms with Crippen LogP contribution in [-0.2, 0) is 4.74 Å². The van der Waals surface area contributed by atoms with E-state index in [0.717, 1.165) is 46.9 Å². The molecule has 3 aliphatic rings. The fourth-order valence-corrected chi connectivity index (χ4v) is 4.53. The third-order valence-corrected chi connectivity index (χ3v) is 6.07. The molecule has 2 aromatic rings. The molecule has 4 heterocycles. The molecule has 0 unspecified atom stereocenters. The molecule has 0 aliphatic carbocycles. The van der Waals surface area contributed by atoms with Gasteiger partial charge in [-0.3, -0.25) is 4.98 Å². The number of ether oxygens (including phenoxy) is 3. The van der Waals surface area contributed by atoms with E-state index < -0.39 is 17.8 Å². The lowest BCUT2D eigenvalue weighted by Crippen LogP contribution is -2.60. The first-order valence-corrected chi connectivity index (χ1v) is 9.52. The van der Waals surface area contributed by atoms with E-state index >= 15 is 0 Å². The summed E-state index contributed by atoms with van der Waals surface area (Å²) in [6, 6.07) is 6.03. The molecule has 2 fully saturated rings. The smallest absolute Gasteiger partial charge is 0.231 e. The number of aromatic nitrogens is 1. The second kappa shape index (κ2) is 6.22. The Morgan fingerprint density at radius 3 is 2.63 bits per heavy atom. The lowest BCUT2D eigenvalue weighted by molar-refractivity contribution is -0.205. The van der Waals surface area contributed by atoms with E-state index in [1.807, 2.05) is 19.1 Å². The van der Waals surface area contributed by atoms with Gasteiger partial charge in [0.25, 0.3) is 0 Å². The van der Waals surface area contributed by atoms with Crippen molar-refractivity contribution in [1.29, 1.82) is 0 Å². The number of anilines is 1. The average molecular weight is 372 g/mol. The van der Waals surface area contributed by atoms with Crippen molar-refractivity contribution < 1.29 is 24.4 Å². The summed E-state index contributed by atoms with van der Waals surface area (Å²) in [4.78, 5) is 6.96. The van der Waals surface area contributed by atoms with Crippen LogP contribution in [0.2, 0.25) is 0 Å². The first-order chi connectivity index (χ1) is 13.1. The van der Waals surface area contributed by atoms with Crippen LogP contribution in [0.25, 0.3) is 10.9 Å². The van der Waals surface area contributed by atoms with Gasteiger partial charge in [-0.05, 0) is 38.3 Å². The molecule has 3 aliphatic heterocycles. The monoisotopic (exact) mass is 372 g/mol. The number of hydrogen-bond donors (Lipinski definition) is 2. The predicted octanol–water partition coefficient (Wildman–Crippen LogP) is 1.75. The summed E-state index contributed by atoms with van der Waals surface area (Å²) in [6.45, 7) is 4.22. The maximum atomic E-state index is 10.5. The quantitative estimate of drug-likeness (QED) is 0.789. The van der Waals surface area contributed by atoms with Gasteiger partial charge in [0.1, 0.15) is 6.10 Å². The van der Waals surface area contributed by atoms with Crippen LogP contribution < -0.4 is 14.4 Å². The molecule has 7 nitrogen and oxygen atoms in total. The van der Waals surface area contributed by atoms with E-state index in [0.29, 0.717) is 25.9 Å². The van der Waals surface area contributed by atoms with Gasteiger partial charge in [0.05, 0.1) is 23.8 Å². The van der Waals surface area contributed by atoms with E-state index in [9.17, 15) is 10.2 Å². The van der Waals surface area contributed by atoms with Gasteiger partial charge in [0.2, 0.25) is 6.79 Å². The second-order valence-corrected chi connectivity index (χ2v) is 7.71. The largest absolute Gasteiger partial charge is 0.454 e. The van der Waals surface area contributed by atoms with Gasteiger partial charge >= 0.3 is 0 Å². The van der Waals surface area contributed by atoms with E-state index in [2.05, 4.69) is 16.0 Å². The summed E-state index contributed by atoms with van der Waals surface area (Å²) < 4.78 is 17.0. The van der Waals surface area contributed by atoms with E-state index in [-0.39, 0.29) is 6.79 Å². The standard InChI is InChI=1S/C20H24N2O5/c1-12-8-15(13-9-17-18(26-11-25-17)10-14(13)21-12)22-5-3-20(4-6-22)19(24)16(23)2-7-27-20/h8-10,16,19,23-24H,2-7,11H2,1H3/t16-,19-/m0/s1. The number of fused-ring (bicyclic) bond motifs is 2. The minimum absolute atomic E-state index is 0.240. The number of nitrogens with zero attached hydrogens (tertiary/aromatic N) is 2. The van der Waals surface area contributed by atoms with Crippen molar-refractivity contribution >= 4 is 16.6 Å². The molecular weight excluding hydrogens is 348 g/mol. The van der Waals surface area contributed by atoms with Crippen molar-refractivity contribution in [3.63, 3.8) is 0 Å². The number of rotatable bonds is 1. The molecule has 27 heavy (non-hydrogen) atoms. The molecule has 2 saturated heterocycles. The van der Waals surface area contributed by atoms with Gasteiger partial charge in [-0.15, -0.1) is 0 Å². The maximum Gasteiger partial charge on any atom is 0.231 e. The zero-order valence-electron chi connectivity index (χ0n) is 15.4. The summed E-state index contributed by atoms with van der Waals surface area (Å²) in [5.41, 5.74) is 2.31. The molecular formula is C20H24N2O5. The number of piperidine rings is 1. The third kappa shape index (κ3) is 2.72. The zero-order valence-corrected chi connectivity index (χ0v) is 15.4. The number of aliphatic hydroxyl groups excluding tert-OH is 2. The number of aliphatic hydroxyl groups is 2. The number of aryl methyl sites for hydroxylation is 1. The molecule has 0 saturated carbocycles. The molecule has 1 spiro atoms. The Morgan fingerprint density at radius 2 is 1.85 bits per heavy atom.